The zero-order chi connectivity index (χ0) is 22.4. The van der Waals surface area contributed by atoms with Gasteiger partial charge in [-0.2, -0.15) is 0 Å². The number of ether oxygens (including phenoxy) is 2. The van der Waals surface area contributed by atoms with Gasteiger partial charge in [-0.05, 0) is 54.6 Å². The Hall–Kier alpha value is -3.85. The SMILES string of the molecule is COC(=O)c1cccc(NC(=O)c2ccc(S(=O)(=O)Nc3ccccc3OC)cc2)c1. The Kier molecular flexibility index (Phi) is 6.56. The van der Waals surface area contributed by atoms with Crippen LogP contribution in [0, 0.1) is 0 Å². The lowest BCUT2D eigenvalue weighted by molar-refractivity contribution is 0.0600. The van der Waals surface area contributed by atoms with Crippen molar-refractivity contribution in [3.63, 3.8) is 0 Å². The van der Waals surface area contributed by atoms with Crippen molar-refractivity contribution in [3.8, 4) is 5.75 Å². The molecule has 3 aromatic rings. The van der Waals surface area contributed by atoms with Gasteiger partial charge in [-0.3, -0.25) is 9.52 Å². The predicted molar refractivity (Wildman–Crippen MR) is 116 cm³/mol. The second kappa shape index (κ2) is 9.31. The normalized spacial score (nSPS) is 10.8. The number of carbonyl (C=O) groups excluding carboxylic acids is 2. The number of rotatable bonds is 7. The smallest absolute Gasteiger partial charge is 0.337 e. The van der Waals surface area contributed by atoms with Gasteiger partial charge in [-0.15, -0.1) is 0 Å². The predicted octanol–water partition coefficient (Wildman–Crippen LogP) is 3.53. The molecule has 160 valence electrons. The second-order valence-corrected chi connectivity index (χ2v) is 8.04. The maximum Gasteiger partial charge on any atom is 0.337 e. The molecule has 0 radical (unpaired) electrons. The fourth-order valence-electron chi connectivity index (χ4n) is 2.76. The summed E-state index contributed by atoms with van der Waals surface area (Å²) in [4.78, 5) is 24.1. The second-order valence-electron chi connectivity index (χ2n) is 6.36. The Balaban J connectivity index is 1.75. The molecule has 0 fully saturated rings. The van der Waals surface area contributed by atoms with Crippen molar-refractivity contribution in [2.24, 2.45) is 0 Å². The van der Waals surface area contributed by atoms with Gasteiger partial charge >= 0.3 is 5.97 Å². The van der Waals surface area contributed by atoms with Crippen molar-refractivity contribution >= 4 is 33.3 Å². The summed E-state index contributed by atoms with van der Waals surface area (Å²) >= 11 is 0. The number of para-hydroxylation sites is 2. The van der Waals surface area contributed by atoms with E-state index in [1.54, 1.807) is 42.5 Å². The topological polar surface area (TPSA) is 111 Å². The first-order valence-corrected chi connectivity index (χ1v) is 10.6. The minimum Gasteiger partial charge on any atom is -0.495 e. The van der Waals surface area contributed by atoms with E-state index >= 15 is 0 Å². The Morgan fingerprint density at radius 3 is 2.23 bits per heavy atom. The van der Waals surface area contributed by atoms with Crippen LogP contribution in [0.2, 0.25) is 0 Å². The fraction of sp³-hybridized carbons (Fsp3) is 0.0909. The van der Waals surface area contributed by atoms with E-state index in [1.165, 1.54) is 44.6 Å². The first-order valence-electron chi connectivity index (χ1n) is 9.09. The van der Waals surface area contributed by atoms with Gasteiger partial charge in [0.25, 0.3) is 15.9 Å². The molecule has 0 aromatic heterocycles. The van der Waals surface area contributed by atoms with Crippen LogP contribution in [0.25, 0.3) is 0 Å². The number of benzene rings is 3. The lowest BCUT2D eigenvalue weighted by atomic mass is 10.1. The number of amides is 1. The Bertz CT molecular complexity index is 1210. The van der Waals surface area contributed by atoms with Gasteiger partial charge < -0.3 is 14.8 Å². The van der Waals surface area contributed by atoms with Crippen LogP contribution in [0.5, 0.6) is 5.75 Å². The number of methoxy groups -OCH3 is 2. The standard InChI is InChI=1S/C22H20N2O6S/c1-29-20-9-4-3-8-19(20)24-31(27,28)18-12-10-15(11-13-18)21(25)23-17-7-5-6-16(14-17)22(26)30-2/h3-14,24H,1-2H3,(H,23,25). The molecular weight excluding hydrogens is 420 g/mol. The average Bonchev–Trinajstić information content (AvgIpc) is 2.79. The van der Waals surface area contributed by atoms with Crippen LogP contribution in [-0.4, -0.2) is 34.5 Å². The number of esters is 1. The maximum atomic E-state index is 12.7. The van der Waals surface area contributed by atoms with Crippen LogP contribution in [0.3, 0.4) is 0 Å². The monoisotopic (exact) mass is 440 g/mol. The maximum absolute atomic E-state index is 12.7. The quantitative estimate of drug-likeness (QED) is 0.544. The van der Waals surface area contributed by atoms with E-state index in [9.17, 15) is 18.0 Å². The van der Waals surface area contributed by atoms with E-state index in [2.05, 4.69) is 14.8 Å². The zero-order valence-electron chi connectivity index (χ0n) is 16.8. The van der Waals surface area contributed by atoms with Gasteiger partial charge in [0.05, 0.1) is 30.4 Å². The fourth-order valence-corrected chi connectivity index (χ4v) is 3.83. The first-order chi connectivity index (χ1) is 14.8. The third-order valence-electron chi connectivity index (χ3n) is 4.32. The van der Waals surface area contributed by atoms with Crippen molar-refractivity contribution in [1.82, 2.24) is 0 Å². The zero-order valence-corrected chi connectivity index (χ0v) is 17.6. The molecule has 0 saturated carbocycles. The number of nitrogens with one attached hydrogen (secondary N) is 2. The minimum atomic E-state index is -3.88. The molecule has 0 aliphatic carbocycles. The molecule has 0 aliphatic rings. The van der Waals surface area contributed by atoms with Crippen LogP contribution in [0.15, 0.2) is 77.7 Å². The average molecular weight is 440 g/mol. The number of carbonyl (C=O) groups is 2. The van der Waals surface area contributed by atoms with Gasteiger partial charge in [0.15, 0.2) is 0 Å². The molecular formula is C22H20N2O6S. The Morgan fingerprint density at radius 2 is 1.55 bits per heavy atom. The minimum absolute atomic E-state index is 0.0114. The van der Waals surface area contributed by atoms with E-state index in [0.29, 0.717) is 22.7 Å². The summed E-state index contributed by atoms with van der Waals surface area (Å²) in [5, 5.41) is 2.66. The van der Waals surface area contributed by atoms with Gasteiger partial charge in [0.2, 0.25) is 0 Å². The number of hydrogen-bond acceptors (Lipinski definition) is 6. The molecule has 2 N–H and O–H groups in total. The van der Waals surface area contributed by atoms with Crippen molar-refractivity contribution in [1.29, 1.82) is 0 Å². The van der Waals surface area contributed by atoms with E-state index < -0.39 is 21.9 Å². The molecule has 9 heteroatoms. The third-order valence-corrected chi connectivity index (χ3v) is 5.70. The van der Waals surface area contributed by atoms with Crippen molar-refractivity contribution in [2.45, 2.75) is 4.90 Å². The van der Waals surface area contributed by atoms with E-state index in [4.69, 9.17) is 4.74 Å². The number of sulfonamides is 1. The van der Waals surface area contributed by atoms with Crippen LogP contribution >= 0.6 is 0 Å². The highest BCUT2D eigenvalue weighted by atomic mass is 32.2. The van der Waals surface area contributed by atoms with Crippen LogP contribution in [0.1, 0.15) is 20.7 Å². The molecule has 31 heavy (non-hydrogen) atoms. The summed E-state index contributed by atoms with van der Waals surface area (Å²) in [7, 11) is -1.16. The van der Waals surface area contributed by atoms with Gasteiger partial charge in [0.1, 0.15) is 5.75 Å². The summed E-state index contributed by atoms with van der Waals surface area (Å²) < 4.78 is 37.6. The Morgan fingerprint density at radius 1 is 0.839 bits per heavy atom. The summed E-state index contributed by atoms with van der Waals surface area (Å²) in [5.74, 6) is -0.590. The Labute approximate surface area is 179 Å². The van der Waals surface area contributed by atoms with Gasteiger partial charge in [0, 0.05) is 11.3 Å². The highest BCUT2D eigenvalue weighted by Gasteiger charge is 2.17. The molecule has 0 spiro atoms. The molecule has 3 aromatic carbocycles. The molecule has 8 nitrogen and oxygen atoms in total. The number of hydrogen-bond donors (Lipinski definition) is 2. The lowest BCUT2D eigenvalue weighted by Crippen LogP contribution is -2.15. The summed E-state index contributed by atoms with van der Waals surface area (Å²) in [6.07, 6.45) is 0. The van der Waals surface area contributed by atoms with Crippen LogP contribution in [-0.2, 0) is 14.8 Å². The highest BCUT2D eigenvalue weighted by Crippen LogP contribution is 2.26. The van der Waals surface area contributed by atoms with Crippen molar-refractivity contribution in [2.75, 3.05) is 24.3 Å². The van der Waals surface area contributed by atoms with E-state index in [0.717, 1.165) is 0 Å². The summed E-state index contributed by atoms with van der Waals surface area (Å²) in [6, 6.07) is 18.4. The molecule has 0 aliphatic heterocycles. The van der Waals surface area contributed by atoms with Gasteiger partial charge in [-0.25, -0.2) is 13.2 Å². The molecule has 0 bridgehead atoms. The molecule has 1 amide bonds. The van der Waals surface area contributed by atoms with E-state index in [-0.39, 0.29) is 10.5 Å². The summed E-state index contributed by atoms with van der Waals surface area (Å²) in [6.45, 7) is 0. The van der Waals surface area contributed by atoms with Crippen molar-refractivity contribution in [3.05, 3.63) is 83.9 Å². The van der Waals surface area contributed by atoms with Gasteiger partial charge in [-0.1, -0.05) is 18.2 Å². The lowest BCUT2D eigenvalue weighted by Gasteiger charge is -2.12. The van der Waals surface area contributed by atoms with Crippen molar-refractivity contribution < 1.29 is 27.5 Å². The molecule has 0 unspecified atom stereocenters. The summed E-state index contributed by atoms with van der Waals surface area (Å²) in [5.41, 5.74) is 1.25. The first kappa shape index (κ1) is 21.8. The van der Waals surface area contributed by atoms with Crippen LogP contribution < -0.4 is 14.8 Å². The highest BCUT2D eigenvalue weighted by molar-refractivity contribution is 7.92. The van der Waals surface area contributed by atoms with Crippen LogP contribution in [0.4, 0.5) is 11.4 Å². The molecule has 0 saturated heterocycles. The third kappa shape index (κ3) is 5.20. The largest absolute Gasteiger partial charge is 0.495 e. The molecule has 0 atom stereocenters. The molecule has 0 heterocycles. The van der Waals surface area contributed by atoms with E-state index in [1.807, 2.05) is 0 Å². The molecule has 3 rings (SSSR count). The number of anilines is 2.